The molecule has 0 spiro atoms. The van der Waals surface area contributed by atoms with E-state index < -0.39 is 5.91 Å². The van der Waals surface area contributed by atoms with Crippen LogP contribution in [0.1, 0.15) is 52.1 Å². The molecule has 174 valence electrons. The molecule has 3 aromatic rings. The average molecular weight is 454 g/mol. The number of hydrogen-bond donors (Lipinski definition) is 2. The molecule has 3 N–H and O–H groups in total. The Balaban J connectivity index is 1.34. The van der Waals surface area contributed by atoms with Crippen LogP contribution < -0.4 is 20.5 Å². The van der Waals surface area contributed by atoms with E-state index in [2.05, 4.69) is 20.5 Å². The van der Waals surface area contributed by atoms with Crippen molar-refractivity contribution in [1.82, 2.24) is 29.9 Å². The first-order valence-electron chi connectivity index (χ1n) is 10.7. The number of ether oxygens (including phenoxy) is 2. The van der Waals surface area contributed by atoms with Gasteiger partial charge in [0.15, 0.2) is 0 Å². The lowest BCUT2D eigenvalue weighted by Crippen LogP contribution is -2.40. The number of nitrogens with two attached hydrogens (primary N) is 1. The first kappa shape index (κ1) is 22.3. The van der Waals surface area contributed by atoms with Crippen LogP contribution >= 0.6 is 0 Å². The Hall–Kier alpha value is -3.89. The fraction of sp³-hybridized carbons (Fsp3) is 0.409. The van der Waals surface area contributed by atoms with E-state index in [1.165, 1.54) is 4.68 Å². The van der Waals surface area contributed by atoms with Gasteiger partial charge in [-0.3, -0.25) is 14.3 Å². The zero-order valence-corrected chi connectivity index (χ0v) is 18.8. The van der Waals surface area contributed by atoms with Crippen LogP contribution in [0.3, 0.4) is 0 Å². The van der Waals surface area contributed by atoms with E-state index in [0.29, 0.717) is 11.4 Å². The third kappa shape index (κ3) is 4.81. The van der Waals surface area contributed by atoms with Crippen LogP contribution in [0.25, 0.3) is 5.69 Å². The minimum atomic E-state index is -0.569. The highest BCUT2D eigenvalue weighted by atomic mass is 16.5. The molecule has 33 heavy (non-hydrogen) atoms. The summed E-state index contributed by atoms with van der Waals surface area (Å²) in [6, 6.07) is 3.61. The van der Waals surface area contributed by atoms with E-state index in [1.54, 1.807) is 43.5 Å². The molecule has 2 amide bonds. The molecule has 1 fully saturated rings. The predicted octanol–water partition coefficient (Wildman–Crippen LogP) is 1.54. The third-order valence-corrected chi connectivity index (χ3v) is 5.78. The Labute approximate surface area is 190 Å². The zero-order chi connectivity index (χ0) is 23.5. The molecule has 0 saturated heterocycles. The number of rotatable bonds is 7. The summed E-state index contributed by atoms with van der Waals surface area (Å²) in [6.07, 6.45) is 7.65. The first-order valence-corrected chi connectivity index (χ1v) is 10.7. The van der Waals surface area contributed by atoms with Gasteiger partial charge in [0.25, 0.3) is 11.8 Å². The molecule has 0 atom stereocenters. The maximum absolute atomic E-state index is 12.9. The molecule has 0 unspecified atom stereocenters. The summed E-state index contributed by atoms with van der Waals surface area (Å²) in [6.45, 7) is 1.85. The van der Waals surface area contributed by atoms with Gasteiger partial charge in [0.2, 0.25) is 11.8 Å². The number of nitrogens with one attached hydrogen (secondary N) is 1. The van der Waals surface area contributed by atoms with Crippen molar-refractivity contribution in [2.75, 3.05) is 7.11 Å². The van der Waals surface area contributed by atoms with Crippen molar-refractivity contribution in [3.8, 4) is 17.4 Å². The van der Waals surface area contributed by atoms with Gasteiger partial charge in [-0.1, -0.05) is 0 Å². The molecule has 0 aliphatic heterocycles. The number of aryl methyl sites for hydroxylation is 1. The van der Waals surface area contributed by atoms with Gasteiger partial charge in [-0.15, -0.1) is 5.10 Å². The van der Waals surface area contributed by atoms with Crippen LogP contribution in [0.2, 0.25) is 0 Å². The number of carbonyl (C=O) groups is 2. The first-order chi connectivity index (χ1) is 15.9. The summed E-state index contributed by atoms with van der Waals surface area (Å²) < 4.78 is 14.2. The van der Waals surface area contributed by atoms with E-state index in [0.717, 1.165) is 37.1 Å². The molecule has 0 bridgehead atoms. The molecular weight excluding hydrogens is 426 g/mol. The summed E-state index contributed by atoms with van der Waals surface area (Å²) in [7, 11) is 3.26. The summed E-state index contributed by atoms with van der Waals surface area (Å²) in [4.78, 5) is 28.6. The summed E-state index contributed by atoms with van der Waals surface area (Å²) in [5.41, 5.74) is 7.65. The number of hydrogen-bond acceptors (Lipinski definition) is 7. The van der Waals surface area contributed by atoms with Crippen molar-refractivity contribution in [2.45, 2.75) is 44.8 Å². The van der Waals surface area contributed by atoms with Gasteiger partial charge in [-0.25, -0.2) is 9.67 Å². The number of pyridine rings is 1. The molecule has 11 nitrogen and oxygen atoms in total. The zero-order valence-electron chi connectivity index (χ0n) is 18.8. The van der Waals surface area contributed by atoms with E-state index in [9.17, 15) is 9.59 Å². The second-order valence-corrected chi connectivity index (χ2v) is 8.07. The fourth-order valence-corrected chi connectivity index (χ4v) is 3.98. The van der Waals surface area contributed by atoms with E-state index in [1.807, 2.05) is 13.0 Å². The van der Waals surface area contributed by atoms with Gasteiger partial charge in [-0.2, -0.15) is 5.10 Å². The third-order valence-electron chi connectivity index (χ3n) is 5.78. The van der Waals surface area contributed by atoms with Crippen LogP contribution in [0.5, 0.6) is 11.8 Å². The van der Waals surface area contributed by atoms with Crippen molar-refractivity contribution in [1.29, 1.82) is 0 Å². The Morgan fingerprint density at radius 3 is 2.55 bits per heavy atom. The lowest BCUT2D eigenvalue weighted by molar-refractivity contribution is 0.0880. The molecule has 11 heteroatoms. The standard InChI is InChI=1S/C22H27N7O4/c1-13-17(11-25-29(13)15-6-9-19(32-3)24-10-15)21(31)26-14-4-7-16(8-5-14)33-22-18(20(23)30)12-28(2)27-22/h6,9-12,14,16H,4-5,7-8H2,1-3H3,(H2,23,30)(H,26,31). The monoisotopic (exact) mass is 453 g/mol. The summed E-state index contributed by atoms with van der Waals surface area (Å²) in [5.74, 6) is 0.0364. The minimum Gasteiger partial charge on any atom is -0.481 e. The van der Waals surface area contributed by atoms with Crippen molar-refractivity contribution in [2.24, 2.45) is 12.8 Å². The lowest BCUT2D eigenvalue weighted by Gasteiger charge is -2.29. The number of carbonyl (C=O) groups excluding carboxylic acids is 2. The Kier molecular flexibility index (Phi) is 6.29. The minimum absolute atomic E-state index is 0.0297. The Morgan fingerprint density at radius 1 is 1.15 bits per heavy atom. The van der Waals surface area contributed by atoms with Crippen LogP contribution in [0, 0.1) is 6.92 Å². The molecule has 3 heterocycles. The molecule has 1 saturated carbocycles. The van der Waals surface area contributed by atoms with E-state index in [-0.39, 0.29) is 29.5 Å². The number of amides is 2. The van der Waals surface area contributed by atoms with Crippen LogP contribution in [0.15, 0.2) is 30.7 Å². The lowest BCUT2D eigenvalue weighted by atomic mass is 9.92. The second kappa shape index (κ2) is 9.31. The van der Waals surface area contributed by atoms with Crippen molar-refractivity contribution >= 4 is 11.8 Å². The maximum atomic E-state index is 12.9. The topological polar surface area (TPSA) is 139 Å². The second-order valence-electron chi connectivity index (χ2n) is 8.07. The Bertz CT molecular complexity index is 1140. The number of methoxy groups -OCH3 is 1. The maximum Gasteiger partial charge on any atom is 0.255 e. The SMILES string of the molecule is COc1ccc(-n2ncc(C(=O)NC3CCC(Oc4nn(C)cc4C(N)=O)CC3)c2C)cn1. The van der Waals surface area contributed by atoms with Gasteiger partial charge < -0.3 is 20.5 Å². The molecule has 0 radical (unpaired) electrons. The largest absolute Gasteiger partial charge is 0.481 e. The molecule has 1 aliphatic carbocycles. The van der Waals surface area contributed by atoms with E-state index in [4.69, 9.17) is 15.2 Å². The molecule has 4 rings (SSSR count). The highest BCUT2D eigenvalue weighted by Crippen LogP contribution is 2.25. The van der Waals surface area contributed by atoms with Gasteiger partial charge in [-0.05, 0) is 38.7 Å². The highest BCUT2D eigenvalue weighted by Gasteiger charge is 2.27. The van der Waals surface area contributed by atoms with E-state index >= 15 is 0 Å². The van der Waals surface area contributed by atoms with Crippen LogP contribution in [-0.4, -0.2) is 55.6 Å². The van der Waals surface area contributed by atoms with Crippen molar-refractivity contribution in [3.63, 3.8) is 0 Å². The predicted molar refractivity (Wildman–Crippen MR) is 119 cm³/mol. The molecular formula is C22H27N7O4. The van der Waals surface area contributed by atoms with Gasteiger partial charge in [0.1, 0.15) is 11.7 Å². The van der Waals surface area contributed by atoms with Gasteiger partial charge >= 0.3 is 0 Å². The number of aromatic nitrogens is 5. The van der Waals surface area contributed by atoms with Crippen molar-refractivity contribution < 1.29 is 19.1 Å². The molecule has 0 aromatic carbocycles. The van der Waals surface area contributed by atoms with Crippen molar-refractivity contribution in [3.05, 3.63) is 47.5 Å². The average Bonchev–Trinajstić information content (AvgIpc) is 3.37. The smallest absolute Gasteiger partial charge is 0.255 e. The molecule has 1 aliphatic rings. The summed E-state index contributed by atoms with van der Waals surface area (Å²) >= 11 is 0. The van der Waals surface area contributed by atoms with Gasteiger partial charge in [0.05, 0.1) is 36.4 Å². The van der Waals surface area contributed by atoms with Crippen LogP contribution in [-0.2, 0) is 7.05 Å². The fourth-order valence-electron chi connectivity index (χ4n) is 3.98. The number of primary amides is 1. The highest BCUT2D eigenvalue weighted by molar-refractivity contribution is 5.95. The summed E-state index contributed by atoms with van der Waals surface area (Å²) in [5, 5.41) is 11.6. The molecule has 3 aromatic heterocycles. The normalized spacial score (nSPS) is 18.0. The number of nitrogens with zero attached hydrogens (tertiary/aromatic N) is 5. The van der Waals surface area contributed by atoms with Gasteiger partial charge in [0, 0.05) is 25.4 Å². The van der Waals surface area contributed by atoms with Crippen LogP contribution in [0.4, 0.5) is 0 Å². The quantitative estimate of drug-likeness (QED) is 0.553. The Morgan fingerprint density at radius 2 is 1.91 bits per heavy atom.